The lowest BCUT2D eigenvalue weighted by Crippen LogP contribution is -2.13. The number of rotatable bonds is 6. The molecule has 3 rings (SSSR count). The van der Waals surface area contributed by atoms with Crippen molar-refractivity contribution in [2.24, 2.45) is 0 Å². The number of carbonyl (C=O) groups excluding carboxylic acids is 1. The number of para-hydroxylation sites is 1. The number of carbonyl (C=O) groups is 1. The van der Waals surface area contributed by atoms with Crippen LogP contribution >= 0.6 is 11.8 Å². The molecule has 1 aliphatic carbocycles. The van der Waals surface area contributed by atoms with Gasteiger partial charge in [-0.25, -0.2) is 4.98 Å². The molecule has 1 saturated carbocycles. The van der Waals surface area contributed by atoms with Crippen LogP contribution < -0.4 is 5.32 Å². The predicted molar refractivity (Wildman–Crippen MR) is 92.7 cm³/mol. The fourth-order valence-electron chi connectivity index (χ4n) is 2.84. The minimum absolute atomic E-state index is 0.114. The molecule has 6 nitrogen and oxygen atoms in total. The van der Waals surface area contributed by atoms with E-state index in [1.165, 1.54) is 37.4 Å². The Morgan fingerprint density at radius 2 is 2.17 bits per heavy atom. The Morgan fingerprint density at radius 3 is 2.96 bits per heavy atom. The van der Waals surface area contributed by atoms with Crippen molar-refractivity contribution in [1.82, 2.24) is 15.2 Å². The first kappa shape index (κ1) is 16.5. The van der Waals surface area contributed by atoms with Gasteiger partial charge in [-0.3, -0.25) is 9.89 Å². The maximum Gasteiger partial charge on any atom is 0.225 e. The SMILES string of the molecule is N#Cc1ccccc1NC(=O)CCSc1n[nH]c(C2CCCC2)n1. The van der Waals surface area contributed by atoms with Crippen LogP contribution in [0.5, 0.6) is 0 Å². The van der Waals surface area contributed by atoms with Crippen molar-refractivity contribution in [3.63, 3.8) is 0 Å². The maximum absolute atomic E-state index is 12.0. The molecule has 1 amide bonds. The number of aromatic amines is 1. The van der Waals surface area contributed by atoms with Crippen LogP contribution in [-0.2, 0) is 4.79 Å². The molecule has 0 unspecified atom stereocenters. The van der Waals surface area contributed by atoms with Crippen LogP contribution in [0.3, 0.4) is 0 Å². The zero-order valence-corrected chi connectivity index (χ0v) is 14.1. The summed E-state index contributed by atoms with van der Waals surface area (Å²) in [7, 11) is 0. The Labute approximate surface area is 145 Å². The van der Waals surface area contributed by atoms with Gasteiger partial charge in [0.05, 0.1) is 11.3 Å². The van der Waals surface area contributed by atoms with E-state index in [0.29, 0.717) is 34.5 Å². The van der Waals surface area contributed by atoms with Gasteiger partial charge in [0.1, 0.15) is 11.9 Å². The van der Waals surface area contributed by atoms with E-state index in [1.54, 1.807) is 24.3 Å². The molecule has 1 aromatic heterocycles. The molecule has 0 spiro atoms. The molecule has 0 radical (unpaired) electrons. The van der Waals surface area contributed by atoms with E-state index in [0.717, 1.165) is 5.82 Å². The van der Waals surface area contributed by atoms with Crippen molar-refractivity contribution in [1.29, 1.82) is 5.26 Å². The van der Waals surface area contributed by atoms with Gasteiger partial charge in [-0.1, -0.05) is 36.7 Å². The highest BCUT2D eigenvalue weighted by Gasteiger charge is 2.20. The number of nitrogens with zero attached hydrogens (tertiary/aromatic N) is 3. The summed E-state index contributed by atoms with van der Waals surface area (Å²) in [6, 6.07) is 9.05. The quantitative estimate of drug-likeness (QED) is 0.785. The average molecular weight is 341 g/mol. The fourth-order valence-corrected chi connectivity index (χ4v) is 3.58. The Bertz CT molecular complexity index is 745. The number of thioether (sulfide) groups is 1. The van der Waals surface area contributed by atoms with Gasteiger partial charge in [0, 0.05) is 18.1 Å². The number of amides is 1. The predicted octanol–water partition coefficient (Wildman–Crippen LogP) is 3.45. The zero-order valence-electron chi connectivity index (χ0n) is 13.3. The second kappa shape index (κ2) is 7.97. The smallest absolute Gasteiger partial charge is 0.225 e. The highest BCUT2D eigenvalue weighted by atomic mass is 32.2. The van der Waals surface area contributed by atoms with Crippen LogP contribution in [0.25, 0.3) is 0 Å². The first-order chi connectivity index (χ1) is 11.8. The van der Waals surface area contributed by atoms with Crippen LogP contribution in [0, 0.1) is 11.3 Å². The Balaban J connectivity index is 1.46. The third kappa shape index (κ3) is 4.15. The number of hydrogen-bond acceptors (Lipinski definition) is 5. The van der Waals surface area contributed by atoms with Crippen molar-refractivity contribution in [3.8, 4) is 6.07 Å². The summed E-state index contributed by atoms with van der Waals surface area (Å²) in [6.45, 7) is 0. The first-order valence-electron chi connectivity index (χ1n) is 8.10. The van der Waals surface area contributed by atoms with E-state index in [4.69, 9.17) is 5.26 Å². The minimum Gasteiger partial charge on any atom is -0.325 e. The number of benzene rings is 1. The van der Waals surface area contributed by atoms with Crippen molar-refractivity contribution in [2.75, 3.05) is 11.1 Å². The lowest BCUT2D eigenvalue weighted by atomic mass is 10.1. The van der Waals surface area contributed by atoms with Gasteiger partial charge >= 0.3 is 0 Å². The number of hydrogen-bond donors (Lipinski definition) is 2. The third-order valence-corrected chi connectivity index (χ3v) is 4.95. The van der Waals surface area contributed by atoms with Crippen LogP contribution in [0.4, 0.5) is 5.69 Å². The number of nitriles is 1. The molecule has 2 aromatic rings. The van der Waals surface area contributed by atoms with Crippen molar-refractivity contribution < 1.29 is 4.79 Å². The molecule has 24 heavy (non-hydrogen) atoms. The van der Waals surface area contributed by atoms with Crippen molar-refractivity contribution in [2.45, 2.75) is 43.2 Å². The van der Waals surface area contributed by atoms with Gasteiger partial charge < -0.3 is 5.32 Å². The third-order valence-electron chi connectivity index (χ3n) is 4.11. The molecular formula is C17H19N5OS. The van der Waals surface area contributed by atoms with Crippen LogP contribution in [0.1, 0.15) is 49.4 Å². The van der Waals surface area contributed by atoms with Gasteiger partial charge in [-0.2, -0.15) is 5.26 Å². The van der Waals surface area contributed by atoms with E-state index in [-0.39, 0.29) is 5.91 Å². The van der Waals surface area contributed by atoms with E-state index < -0.39 is 0 Å². The molecule has 1 heterocycles. The van der Waals surface area contributed by atoms with Crippen LogP contribution in [0.15, 0.2) is 29.4 Å². The summed E-state index contributed by atoms with van der Waals surface area (Å²) in [4.78, 5) is 16.5. The van der Waals surface area contributed by atoms with Crippen LogP contribution in [-0.4, -0.2) is 26.8 Å². The molecule has 0 bridgehead atoms. The summed E-state index contributed by atoms with van der Waals surface area (Å²) < 4.78 is 0. The number of aromatic nitrogens is 3. The average Bonchev–Trinajstić information content (AvgIpc) is 3.26. The summed E-state index contributed by atoms with van der Waals surface area (Å²) in [6.07, 6.45) is 5.23. The molecule has 0 aliphatic heterocycles. The molecule has 1 aromatic carbocycles. The minimum atomic E-state index is -0.114. The van der Waals surface area contributed by atoms with Crippen LogP contribution in [0.2, 0.25) is 0 Å². The van der Waals surface area contributed by atoms with Crippen molar-refractivity contribution >= 4 is 23.4 Å². The molecule has 0 atom stereocenters. The second-order valence-corrected chi connectivity index (χ2v) is 6.85. The lowest BCUT2D eigenvalue weighted by molar-refractivity contribution is -0.115. The topological polar surface area (TPSA) is 94.5 Å². The summed E-state index contributed by atoms with van der Waals surface area (Å²) in [5.41, 5.74) is 1.02. The molecular weight excluding hydrogens is 322 g/mol. The lowest BCUT2D eigenvalue weighted by Gasteiger charge is -2.06. The number of H-pyrrole nitrogens is 1. The van der Waals surface area contributed by atoms with E-state index in [1.807, 2.05) is 0 Å². The fraction of sp³-hybridized carbons (Fsp3) is 0.412. The summed E-state index contributed by atoms with van der Waals surface area (Å²) in [5.74, 6) is 1.97. The highest BCUT2D eigenvalue weighted by Crippen LogP contribution is 2.32. The number of anilines is 1. The molecule has 1 aliphatic rings. The van der Waals surface area contributed by atoms with E-state index in [2.05, 4.69) is 26.6 Å². The Kier molecular flexibility index (Phi) is 5.49. The normalized spacial score (nSPS) is 14.5. The molecule has 2 N–H and O–H groups in total. The monoisotopic (exact) mass is 341 g/mol. The maximum atomic E-state index is 12.0. The van der Waals surface area contributed by atoms with Gasteiger partial charge in [0.15, 0.2) is 0 Å². The van der Waals surface area contributed by atoms with E-state index in [9.17, 15) is 4.79 Å². The van der Waals surface area contributed by atoms with Crippen molar-refractivity contribution in [3.05, 3.63) is 35.7 Å². The molecule has 7 heteroatoms. The summed E-state index contributed by atoms with van der Waals surface area (Å²) in [5, 5.41) is 19.7. The van der Waals surface area contributed by atoms with E-state index >= 15 is 0 Å². The second-order valence-electron chi connectivity index (χ2n) is 5.79. The zero-order chi connectivity index (χ0) is 16.8. The van der Waals surface area contributed by atoms with Gasteiger partial charge in [0.25, 0.3) is 0 Å². The molecule has 0 saturated heterocycles. The van der Waals surface area contributed by atoms with Gasteiger partial charge in [-0.05, 0) is 25.0 Å². The Morgan fingerprint density at radius 1 is 1.38 bits per heavy atom. The highest BCUT2D eigenvalue weighted by molar-refractivity contribution is 7.99. The first-order valence-corrected chi connectivity index (χ1v) is 9.09. The largest absolute Gasteiger partial charge is 0.325 e. The van der Waals surface area contributed by atoms with Gasteiger partial charge in [-0.15, -0.1) is 5.10 Å². The number of nitrogens with one attached hydrogen (secondary N) is 2. The molecule has 1 fully saturated rings. The van der Waals surface area contributed by atoms with Gasteiger partial charge in [0.2, 0.25) is 11.1 Å². The summed E-state index contributed by atoms with van der Waals surface area (Å²) >= 11 is 1.47. The molecule has 124 valence electrons. The Hall–Kier alpha value is -2.33. The standard InChI is InChI=1S/C17H19N5OS/c18-11-13-7-3-4-8-14(13)19-15(23)9-10-24-17-20-16(21-22-17)12-5-1-2-6-12/h3-4,7-8,12H,1-2,5-6,9-10H2,(H,19,23)(H,20,21,22).